The van der Waals surface area contributed by atoms with Gasteiger partial charge in [-0.05, 0) is 58.2 Å². The summed E-state index contributed by atoms with van der Waals surface area (Å²) in [4.78, 5) is 24.8. The van der Waals surface area contributed by atoms with Crippen LogP contribution in [0.25, 0.3) is 10.9 Å². The first-order valence-corrected chi connectivity index (χ1v) is 10.2. The number of imidazole rings is 1. The Morgan fingerprint density at radius 3 is 2.82 bits per heavy atom. The van der Waals surface area contributed by atoms with Gasteiger partial charge in [0.15, 0.2) is 0 Å². The molecule has 0 N–H and O–H groups in total. The Morgan fingerprint density at radius 1 is 1.21 bits per heavy atom. The lowest BCUT2D eigenvalue weighted by Gasteiger charge is -2.33. The van der Waals surface area contributed by atoms with Crippen molar-refractivity contribution in [1.29, 1.82) is 0 Å². The highest BCUT2D eigenvalue weighted by atomic mass is 16.2. The predicted octanol–water partition coefficient (Wildman–Crippen LogP) is 4.40. The number of carbonyl (C=O) groups excluding carboxylic acids is 1. The maximum absolute atomic E-state index is 13.5. The van der Waals surface area contributed by atoms with Gasteiger partial charge >= 0.3 is 0 Å². The molecule has 1 aliphatic heterocycles. The second-order valence-electron chi connectivity index (χ2n) is 7.95. The SMILES string of the molecule is CCn1ccnc1[C@H]1CCCN(C(=O)c2cc(C)nc3c(C)cc(C)cc23)C1. The molecule has 1 aromatic carbocycles. The number of aromatic nitrogens is 3. The van der Waals surface area contributed by atoms with E-state index in [4.69, 9.17) is 4.98 Å². The standard InChI is InChI=1S/C23H28N4O/c1-5-26-10-8-24-22(26)18-7-6-9-27(14-18)23(28)20-13-17(4)25-21-16(3)11-15(2)12-19(20)21/h8,10-13,18H,5-7,9,14H2,1-4H3/t18-/m0/s1. The molecule has 0 spiro atoms. The minimum atomic E-state index is 0.111. The predicted molar refractivity (Wildman–Crippen MR) is 112 cm³/mol. The number of aryl methyl sites for hydroxylation is 4. The Labute approximate surface area is 166 Å². The lowest BCUT2D eigenvalue weighted by molar-refractivity contribution is 0.0705. The maximum Gasteiger partial charge on any atom is 0.254 e. The largest absolute Gasteiger partial charge is 0.338 e. The van der Waals surface area contributed by atoms with Gasteiger partial charge in [0.2, 0.25) is 0 Å². The molecule has 0 unspecified atom stereocenters. The van der Waals surface area contributed by atoms with E-state index in [9.17, 15) is 4.79 Å². The number of likely N-dealkylation sites (tertiary alicyclic amines) is 1. The molecule has 3 aromatic rings. The number of fused-ring (bicyclic) bond motifs is 1. The van der Waals surface area contributed by atoms with Crippen LogP contribution in [0.2, 0.25) is 0 Å². The summed E-state index contributed by atoms with van der Waals surface area (Å²) in [5.74, 6) is 1.51. The Morgan fingerprint density at radius 2 is 2.04 bits per heavy atom. The molecule has 1 fully saturated rings. The lowest BCUT2D eigenvalue weighted by atomic mass is 9.95. The Balaban J connectivity index is 1.69. The molecule has 28 heavy (non-hydrogen) atoms. The van der Waals surface area contributed by atoms with Crippen LogP contribution in [0.4, 0.5) is 0 Å². The van der Waals surface area contributed by atoms with Crippen LogP contribution in [0, 0.1) is 20.8 Å². The highest BCUT2D eigenvalue weighted by Crippen LogP contribution is 2.29. The maximum atomic E-state index is 13.5. The van der Waals surface area contributed by atoms with E-state index in [1.807, 2.05) is 30.3 Å². The summed E-state index contributed by atoms with van der Waals surface area (Å²) in [6.45, 7) is 10.7. The molecule has 5 nitrogen and oxygen atoms in total. The first kappa shape index (κ1) is 18.7. The molecule has 3 heterocycles. The number of carbonyl (C=O) groups is 1. The molecule has 0 radical (unpaired) electrons. The molecule has 2 aromatic heterocycles. The first-order chi connectivity index (χ1) is 13.5. The van der Waals surface area contributed by atoms with E-state index in [1.165, 1.54) is 0 Å². The van der Waals surface area contributed by atoms with Gasteiger partial charge < -0.3 is 9.47 Å². The van der Waals surface area contributed by atoms with Gasteiger partial charge in [0.25, 0.3) is 5.91 Å². The molecule has 1 amide bonds. The Kier molecular flexibility index (Phi) is 4.92. The van der Waals surface area contributed by atoms with Crippen LogP contribution >= 0.6 is 0 Å². The molecule has 0 aliphatic carbocycles. The normalized spacial score (nSPS) is 17.3. The molecule has 0 bridgehead atoms. The molecule has 1 atom stereocenters. The van der Waals surface area contributed by atoms with E-state index in [2.05, 4.69) is 42.5 Å². The third-order valence-electron chi connectivity index (χ3n) is 5.77. The number of rotatable bonds is 3. The van der Waals surface area contributed by atoms with Crippen molar-refractivity contribution in [2.45, 2.75) is 53.0 Å². The zero-order chi connectivity index (χ0) is 19.8. The van der Waals surface area contributed by atoms with Crippen LogP contribution in [0.1, 0.15) is 58.7 Å². The van der Waals surface area contributed by atoms with Gasteiger partial charge in [-0.1, -0.05) is 11.6 Å². The van der Waals surface area contributed by atoms with Gasteiger partial charge in [0.1, 0.15) is 5.82 Å². The van der Waals surface area contributed by atoms with Gasteiger partial charge in [-0.15, -0.1) is 0 Å². The summed E-state index contributed by atoms with van der Waals surface area (Å²) in [6.07, 6.45) is 5.98. The van der Waals surface area contributed by atoms with E-state index in [0.717, 1.165) is 71.6 Å². The number of hydrogen-bond donors (Lipinski definition) is 0. The zero-order valence-corrected chi connectivity index (χ0v) is 17.2. The summed E-state index contributed by atoms with van der Waals surface area (Å²) in [5.41, 5.74) is 4.87. The molecular weight excluding hydrogens is 348 g/mol. The van der Waals surface area contributed by atoms with E-state index in [-0.39, 0.29) is 5.91 Å². The molecule has 1 saturated heterocycles. The van der Waals surface area contributed by atoms with Crippen LogP contribution in [0.3, 0.4) is 0 Å². The van der Waals surface area contributed by atoms with Gasteiger partial charge in [0.05, 0.1) is 11.1 Å². The van der Waals surface area contributed by atoms with Crippen molar-refractivity contribution in [3.63, 3.8) is 0 Å². The highest BCUT2D eigenvalue weighted by Gasteiger charge is 2.29. The third-order valence-corrected chi connectivity index (χ3v) is 5.77. The van der Waals surface area contributed by atoms with Gasteiger partial charge in [0, 0.05) is 49.0 Å². The summed E-state index contributed by atoms with van der Waals surface area (Å²) in [5, 5.41) is 0.963. The van der Waals surface area contributed by atoms with E-state index in [0.29, 0.717) is 5.92 Å². The number of piperidine rings is 1. The second-order valence-corrected chi connectivity index (χ2v) is 7.95. The van der Waals surface area contributed by atoms with Crippen molar-refractivity contribution in [3.8, 4) is 0 Å². The van der Waals surface area contributed by atoms with Gasteiger partial charge in [-0.2, -0.15) is 0 Å². The van der Waals surface area contributed by atoms with Crippen LogP contribution in [0.5, 0.6) is 0 Å². The van der Waals surface area contributed by atoms with Crippen LogP contribution in [-0.2, 0) is 6.54 Å². The van der Waals surface area contributed by atoms with Crippen LogP contribution < -0.4 is 0 Å². The molecule has 4 rings (SSSR count). The summed E-state index contributed by atoms with van der Waals surface area (Å²) >= 11 is 0. The van der Waals surface area contributed by atoms with Crippen LogP contribution in [0.15, 0.2) is 30.6 Å². The number of hydrogen-bond acceptors (Lipinski definition) is 3. The van der Waals surface area contributed by atoms with Crippen LogP contribution in [-0.4, -0.2) is 38.4 Å². The summed E-state index contributed by atoms with van der Waals surface area (Å²) in [6, 6.07) is 6.16. The zero-order valence-electron chi connectivity index (χ0n) is 17.2. The minimum absolute atomic E-state index is 0.111. The summed E-state index contributed by atoms with van der Waals surface area (Å²) in [7, 11) is 0. The fraction of sp³-hybridized carbons (Fsp3) is 0.435. The number of pyridine rings is 1. The average molecular weight is 377 g/mol. The highest BCUT2D eigenvalue weighted by molar-refractivity contribution is 6.07. The molecule has 146 valence electrons. The van der Waals surface area contributed by atoms with Gasteiger partial charge in [-0.3, -0.25) is 9.78 Å². The Hall–Kier alpha value is -2.69. The molecule has 5 heteroatoms. The van der Waals surface area contributed by atoms with Crippen molar-refractivity contribution in [1.82, 2.24) is 19.4 Å². The second kappa shape index (κ2) is 7.38. The fourth-order valence-corrected chi connectivity index (χ4v) is 4.48. The van der Waals surface area contributed by atoms with Crippen molar-refractivity contribution >= 4 is 16.8 Å². The van der Waals surface area contributed by atoms with Crippen molar-refractivity contribution in [3.05, 3.63) is 58.8 Å². The quantitative estimate of drug-likeness (QED) is 0.681. The van der Waals surface area contributed by atoms with Crippen molar-refractivity contribution in [2.24, 2.45) is 0 Å². The molecule has 1 aliphatic rings. The number of amides is 1. The topological polar surface area (TPSA) is 51.0 Å². The smallest absolute Gasteiger partial charge is 0.254 e. The Bertz CT molecular complexity index is 1040. The molecular formula is C23H28N4O. The minimum Gasteiger partial charge on any atom is -0.338 e. The number of nitrogens with zero attached hydrogens (tertiary/aromatic N) is 4. The first-order valence-electron chi connectivity index (χ1n) is 10.2. The van der Waals surface area contributed by atoms with Gasteiger partial charge in [-0.25, -0.2) is 4.98 Å². The number of benzene rings is 1. The van der Waals surface area contributed by atoms with E-state index in [1.54, 1.807) is 0 Å². The monoisotopic (exact) mass is 376 g/mol. The fourth-order valence-electron chi connectivity index (χ4n) is 4.48. The molecule has 0 saturated carbocycles. The van der Waals surface area contributed by atoms with Crippen molar-refractivity contribution in [2.75, 3.05) is 13.1 Å². The van der Waals surface area contributed by atoms with E-state index >= 15 is 0 Å². The van der Waals surface area contributed by atoms with E-state index < -0.39 is 0 Å². The lowest BCUT2D eigenvalue weighted by Crippen LogP contribution is -2.40. The van der Waals surface area contributed by atoms with Crippen molar-refractivity contribution < 1.29 is 4.79 Å². The summed E-state index contributed by atoms with van der Waals surface area (Å²) < 4.78 is 2.19. The average Bonchev–Trinajstić information content (AvgIpc) is 3.16. The third kappa shape index (κ3) is 3.30.